The van der Waals surface area contributed by atoms with E-state index < -0.39 is 5.41 Å². The Bertz CT molecular complexity index is 3450. The minimum Gasteiger partial charge on any atom is -0.309 e. The Morgan fingerprint density at radius 3 is 1.69 bits per heavy atom. The quantitative estimate of drug-likeness (QED) is 0.169. The smallest absolute Gasteiger partial charge is 0.0937 e. The number of rotatable bonds is 3. The van der Waals surface area contributed by atoms with Crippen LogP contribution in [0.5, 0.6) is 0 Å². The van der Waals surface area contributed by atoms with Crippen LogP contribution in [0, 0.1) is 0 Å². The van der Waals surface area contributed by atoms with Gasteiger partial charge in [-0.25, -0.2) is 0 Å². The Kier molecular flexibility index (Phi) is 6.37. The predicted octanol–water partition coefficient (Wildman–Crippen LogP) is 13.6. The SMILES string of the molecule is c1ccc(-c2c3ccccc3c(-c3ccc4c(c3)C3(c5ccccc5-c5cc6c7ccccc7n(-c7ccccc7)c6cc53)c3nccnc3-4)c3ccccc23)cc1. The maximum absolute atomic E-state index is 5.29. The fourth-order valence-corrected chi connectivity index (χ4v) is 10.6. The van der Waals surface area contributed by atoms with Crippen molar-refractivity contribution in [2.45, 2.75) is 5.41 Å². The zero-order valence-corrected chi connectivity index (χ0v) is 31.4. The summed E-state index contributed by atoms with van der Waals surface area (Å²) in [7, 11) is 0. The molecule has 3 nitrogen and oxygen atoms in total. The minimum atomic E-state index is -0.678. The van der Waals surface area contributed by atoms with E-state index in [0.29, 0.717) is 0 Å². The van der Waals surface area contributed by atoms with Gasteiger partial charge in [-0.1, -0.05) is 152 Å². The molecule has 0 N–H and O–H groups in total. The summed E-state index contributed by atoms with van der Waals surface area (Å²) in [6.07, 6.45) is 3.72. The van der Waals surface area contributed by atoms with Crippen LogP contribution < -0.4 is 0 Å². The van der Waals surface area contributed by atoms with Crippen LogP contribution in [0.15, 0.2) is 200 Å². The van der Waals surface area contributed by atoms with E-state index in [1.807, 2.05) is 12.4 Å². The Labute approximate surface area is 335 Å². The van der Waals surface area contributed by atoms with Crippen molar-refractivity contribution in [3.63, 3.8) is 0 Å². The number of aromatic nitrogens is 3. The largest absolute Gasteiger partial charge is 0.309 e. The Hall–Kier alpha value is -7.62. The van der Waals surface area contributed by atoms with Crippen LogP contribution >= 0.6 is 0 Å². The van der Waals surface area contributed by atoms with Gasteiger partial charge in [0.1, 0.15) is 0 Å². The summed E-state index contributed by atoms with van der Waals surface area (Å²) in [5, 5.41) is 7.46. The van der Waals surface area contributed by atoms with E-state index in [1.165, 1.54) is 93.4 Å². The number of hydrogen-bond donors (Lipinski definition) is 0. The fraction of sp³-hybridized carbons (Fsp3) is 0.0182. The first-order chi connectivity index (χ1) is 28.8. The van der Waals surface area contributed by atoms with Gasteiger partial charge in [0.25, 0.3) is 0 Å². The maximum Gasteiger partial charge on any atom is 0.0937 e. The van der Waals surface area contributed by atoms with Crippen molar-refractivity contribution in [3.8, 4) is 50.3 Å². The Morgan fingerprint density at radius 1 is 0.362 bits per heavy atom. The number of hydrogen-bond acceptors (Lipinski definition) is 2. The zero-order valence-electron chi connectivity index (χ0n) is 31.4. The Morgan fingerprint density at radius 2 is 0.948 bits per heavy atom. The van der Waals surface area contributed by atoms with Crippen LogP contribution in [0.3, 0.4) is 0 Å². The minimum absolute atomic E-state index is 0.678. The van der Waals surface area contributed by atoms with Crippen LogP contribution in [-0.4, -0.2) is 14.5 Å². The number of fused-ring (bicyclic) bond motifs is 15. The van der Waals surface area contributed by atoms with Gasteiger partial charge in [-0.15, -0.1) is 0 Å². The first-order valence-electron chi connectivity index (χ1n) is 20.0. The molecule has 0 amide bonds. The van der Waals surface area contributed by atoms with Gasteiger partial charge in [-0.3, -0.25) is 9.97 Å². The summed E-state index contributed by atoms with van der Waals surface area (Å²) < 4.78 is 2.43. The summed E-state index contributed by atoms with van der Waals surface area (Å²) in [5.74, 6) is 0. The number of para-hydroxylation sites is 2. The van der Waals surface area contributed by atoms with Crippen molar-refractivity contribution in [1.82, 2.24) is 14.5 Å². The van der Waals surface area contributed by atoms with Gasteiger partial charge < -0.3 is 4.57 Å². The van der Waals surface area contributed by atoms with Gasteiger partial charge in [0.05, 0.1) is 27.8 Å². The van der Waals surface area contributed by atoms with Crippen molar-refractivity contribution in [3.05, 3.63) is 223 Å². The molecule has 0 aliphatic heterocycles. The van der Waals surface area contributed by atoms with Crippen LogP contribution in [0.25, 0.3) is 93.7 Å². The molecule has 0 saturated heterocycles. The van der Waals surface area contributed by atoms with E-state index in [1.54, 1.807) is 0 Å². The predicted molar refractivity (Wildman–Crippen MR) is 239 cm³/mol. The molecular weight excluding hydrogens is 703 g/mol. The van der Waals surface area contributed by atoms with Crippen molar-refractivity contribution in [2.75, 3.05) is 0 Å². The van der Waals surface area contributed by atoms with Gasteiger partial charge in [-0.05, 0) is 108 Å². The first-order valence-corrected chi connectivity index (χ1v) is 20.0. The van der Waals surface area contributed by atoms with E-state index in [-0.39, 0.29) is 0 Å². The van der Waals surface area contributed by atoms with Crippen molar-refractivity contribution < 1.29 is 0 Å². The van der Waals surface area contributed by atoms with E-state index in [0.717, 1.165) is 22.6 Å². The average Bonchev–Trinajstić information content (AvgIpc) is 3.89. The van der Waals surface area contributed by atoms with Crippen LogP contribution in [0.4, 0.5) is 0 Å². The third-order valence-electron chi connectivity index (χ3n) is 12.9. The summed E-state index contributed by atoms with van der Waals surface area (Å²) in [4.78, 5) is 10.4. The lowest BCUT2D eigenvalue weighted by molar-refractivity contribution is 0.757. The van der Waals surface area contributed by atoms with Gasteiger partial charge in [0.15, 0.2) is 0 Å². The standard InChI is InChI=1S/C55H33N3/c1-3-15-34(16-4-1)51-39-21-7-9-23-41(39)52(42-24-10-8-22-40(42)51)35-27-28-43-47(31-35)55(54-53(43)56-29-30-57-54)46-25-13-11-19-37(46)44-32-45-38-20-12-14-26-49(38)58(50(45)33-48(44)55)36-17-5-2-6-18-36/h1-33H. The van der Waals surface area contributed by atoms with Crippen molar-refractivity contribution >= 4 is 43.4 Å². The highest BCUT2D eigenvalue weighted by Crippen LogP contribution is 2.63. The molecule has 11 aromatic rings. The van der Waals surface area contributed by atoms with Gasteiger partial charge in [0, 0.05) is 34.4 Å². The third kappa shape index (κ3) is 4.02. The molecule has 58 heavy (non-hydrogen) atoms. The maximum atomic E-state index is 5.29. The molecule has 268 valence electrons. The second-order valence-corrected chi connectivity index (χ2v) is 15.6. The molecule has 0 saturated carbocycles. The summed E-state index contributed by atoms with van der Waals surface area (Å²) >= 11 is 0. The molecule has 2 aliphatic carbocycles. The monoisotopic (exact) mass is 735 g/mol. The molecule has 2 aromatic heterocycles. The molecule has 0 bridgehead atoms. The second kappa shape index (κ2) is 11.7. The molecule has 2 aliphatic rings. The molecule has 1 spiro atoms. The number of nitrogens with zero attached hydrogens (tertiary/aromatic N) is 3. The van der Waals surface area contributed by atoms with Crippen molar-refractivity contribution in [1.29, 1.82) is 0 Å². The van der Waals surface area contributed by atoms with E-state index in [4.69, 9.17) is 9.97 Å². The van der Waals surface area contributed by atoms with Crippen LogP contribution in [0.1, 0.15) is 22.4 Å². The van der Waals surface area contributed by atoms with E-state index in [9.17, 15) is 0 Å². The molecule has 9 aromatic carbocycles. The van der Waals surface area contributed by atoms with Gasteiger partial charge in [0.2, 0.25) is 0 Å². The van der Waals surface area contributed by atoms with Crippen molar-refractivity contribution in [2.24, 2.45) is 0 Å². The van der Waals surface area contributed by atoms with Gasteiger partial charge in [-0.2, -0.15) is 0 Å². The topological polar surface area (TPSA) is 30.7 Å². The highest BCUT2D eigenvalue weighted by Gasteiger charge is 2.54. The molecule has 3 heteroatoms. The molecule has 1 unspecified atom stereocenters. The van der Waals surface area contributed by atoms with Gasteiger partial charge >= 0.3 is 0 Å². The fourth-order valence-electron chi connectivity index (χ4n) is 10.6. The average molecular weight is 736 g/mol. The first kappa shape index (κ1) is 31.6. The highest BCUT2D eigenvalue weighted by atomic mass is 15.0. The highest BCUT2D eigenvalue weighted by molar-refractivity contribution is 6.21. The van der Waals surface area contributed by atoms with Crippen LogP contribution in [-0.2, 0) is 5.41 Å². The molecule has 1 atom stereocenters. The summed E-state index contributed by atoms with van der Waals surface area (Å²) in [6, 6.07) is 69.2. The molecule has 13 rings (SSSR count). The lowest BCUT2D eigenvalue weighted by Gasteiger charge is -2.29. The summed E-state index contributed by atoms with van der Waals surface area (Å²) in [6.45, 7) is 0. The molecule has 0 radical (unpaired) electrons. The lowest BCUT2D eigenvalue weighted by atomic mass is 9.72. The lowest BCUT2D eigenvalue weighted by Crippen LogP contribution is -2.27. The third-order valence-corrected chi connectivity index (χ3v) is 12.9. The zero-order chi connectivity index (χ0) is 38.0. The summed E-state index contributed by atoms with van der Waals surface area (Å²) in [5.41, 5.74) is 17.0. The number of benzene rings is 9. The molecular formula is C55H33N3. The normalized spacial score (nSPS) is 15.0. The van der Waals surface area contributed by atoms with E-state index in [2.05, 4.69) is 193 Å². The van der Waals surface area contributed by atoms with E-state index >= 15 is 0 Å². The molecule has 0 fully saturated rings. The Balaban J connectivity index is 1.15. The van der Waals surface area contributed by atoms with Crippen LogP contribution in [0.2, 0.25) is 0 Å². The molecule has 2 heterocycles. The second-order valence-electron chi connectivity index (χ2n) is 15.6.